The Morgan fingerprint density at radius 1 is 1.17 bits per heavy atom. The number of carbonyl (C=O) groups excluding carboxylic acids is 1. The molecule has 0 atom stereocenters. The topological polar surface area (TPSA) is 62.1 Å². The average Bonchev–Trinajstić information content (AvgIpc) is 3.04. The van der Waals surface area contributed by atoms with Crippen LogP contribution in [-0.2, 0) is 11.3 Å². The molecule has 154 valence electrons. The summed E-state index contributed by atoms with van der Waals surface area (Å²) in [6.45, 7) is 2.89. The number of carbonyl (C=O) groups is 1. The summed E-state index contributed by atoms with van der Waals surface area (Å²) in [4.78, 5) is 17.3. The van der Waals surface area contributed by atoms with Crippen molar-refractivity contribution >= 4 is 27.5 Å². The molecule has 1 aromatic heterocycles. The predicted molar refractivity (Wildman–Crippen MR) is 106 cm³/mol. The number of fused-ring (bicyclic) bond motifs is 1. The van der Waals surface area contributed by atoms with Gasteiger partial charge in [0, 0.05) is 19.2 Å². The molecule has 0 unspecified atom stereocenters. The van der Waals surface area contributed by atoms with Crippen LogP contribution in [0.5, 0.6) is 11.5 Å². The number of thiazole rings is 1. The molecular weight excluding hydrogens is 402 g/mol. The molecule has 3 aromatic rings. The lowest BCUT2D eigenvalue weighted by molar-refractivity contribution is 0.0993. The first kappa shape index (κ1) is 20.9. The molecular formula is C20H20F2N2O4S. The largest absolute Gasteiger partial charge is 0.497 e. The van der Waals surface area contributed by atoms with Gasteiger partial charge in [-0.2, -0.15) is 4.99 Å². The van der Waals surface area contributed by atoms with E-state index in [0.717, 1.165) is 17.4 Å². The third-order valence-corrected chi connectivity index (χ3v) is 5.22. The van der Waals surface area contributed by atoms with Gasteiger partial charge in [-0.1, -0.05) is 11.3 Å². The molecule has 1 amide bonds. The van der Waals surface area contributed by atoms with E-state index in [1.54, 1.807) is 12.1 Å². The van der Waals surface area contributed by atoms with Gasteiger partial charge in [-0.05, 0) is 31.2 Å². The summed E-state index contributed by atoms with van der Waals surface area (Å²) in [6.07, 6.45) is 0. The van der Waals surface area contributed by atoms with Crippen molar-refractivity contribution in [2.75, 3.05) is 27.4 Å². The molecule has 0 spiro atoms. The summed E-state index contributed by atoms with van der Waals surface area (Å²) in [5.41, 5.74) is 0.382. The Kier molecular flexibility index (Phi) is 6.60. The number of halogens is 2. The Bertz CT molecular complexity index is 1110. The number of nitrogens with zero attached hydrogens (tertiary/aromatic N) is 2. The Balaban J connectivity index is 2.15. The van der Waals surface area contributed by atoms with Crippen molar-refractivity contribution in [1.29, 1.82) is 0 Å². The maximum Gasteiger partial charge on any atom is 0.283 e. The van der Waals surface area contributed by atoms with Crippen LogP contribution in [0, 0.1) is 11.6 Å². The van der Waals surface area contributed by atoms with Gasteiger partial charge in [0.15, 0.2) is 10.6 Å². The second kappa shape index (κ2) is 9.15. The van der Waals surface area contributed by atoms with Gasteiger partial charge in [-0.25, -0.2) is 8.78 Å². The van der Waals surface area contributed by atoms with Crippen LogP contribution in [0.1, 0.15) is 17.3 Å². The molecule has 9 heteroatoms. The van der Waals surface area contributed by atoms with Gasteiger partial charge in [0.25, 0.3) is 5.91 Å². The molecule has 29 heavy (non-hydrogen) atoms. The molecule has 0 fully saturated rings. The molecule has 0 aliphatic rings. The number of ether oxygens (including phenoxy) is 3. The second-order valence-electron chi connectivity index (χ2n) is 5.95. The highest BCUT2D eigenvalue weighted by atomic mass is 32.1. The minimum Gasteiger partial charge on any atom is -0.497 e. The fourth-order valence-electron chi connectivity index (χ4n) is 2.85. The molecule has 6 nitrogen and oxygen atoms in total. The molecule has 0 saturated carbocycles. The summed E-state index contributed by atoms with van der Waals surface area (Å²) >= 11 is 1.02. The maximum absolute atomic E-state index is 14.4. The zero-order valence-electron chi connectivity index (χ0n) is 16.2. The van der Waals surface area contributed by atoms with E-state index in [1.807, 2.05) is 6.92 Å². The standard InChI is InChI=1S/C20H20F2N2O4S/c1-4-28-8-7-24-18-15(22)9-12(21)10-17(18)29-20(24)23-19(25)14-11-13(26-2)5-6-16(14)27-3/h5-6,9-11H,4,7-8H2,1-3H3. The van der Waals surface area contributed by atoms with Gasteiger partial charge in [0.2, 0.25) is 0 Å². The Hall–Kier alpha value is -2.78. The SMILES string of the molecule is CCOCCn1c(=NC(=O)c2cc(OC)ccc2OC)sc2cc(F)cc(F)c21. The number of rotatable bonds is 7. The lowest BCUT2D eigenvalue weighted by Gasteiger charge is -2.08. The molecule has 0 radical (unpaired) electrons. The van der Waals surface area contributed by atoms with Gasteiger partial charge in [0.05, 0.1) is 36.6 Å². The average molecular weight is 422 g/mol. The van der Waals surface area contributed by atoms with Gasteiger partial charge < -0.3 is 18.8 Å². The Labute approximate surface area is 170 Å². The Morgan fingerprint density at radius 3 is 2.66 bits per heavy atom. The molecule has 1 heterocycles. The van der Waals surface area contributed by atoms with E-state index in [-0.39, 0.29) is 22.4 Å². The van der Waals surface area contributed by atoms with E-state index < -0.39 is 17.5 Å². The van der Waals surface area contributed by atoms with E-state index in [9.17, 15) is 13.6 Å². The molecule has 0 bridgehead atoms. The first-order valence-corrected chi connectivity index (χ1v) is 9.67. The zero-order valence-corrected chi connectivity index (χ0v) is 17.0. The molecule has 0 saturated heterocycles. The first-order chi connectivity index (χ1) is 14.0. The molecule has 0 aliphatic heterocycles. The van der Waals surface area contributed by atoms with E-state index in [1.165, 1.54) is 30.9 Å². The van der Waals surface area contributed by atoms with Crippen molar-refractivity contribution in [3.63, 3.8) is 0 Å². The van der Waals surface area contributed by atoms with Gasteiger partial charge in [0.1, 0.15) is 17.3 Å². The normalized spacial score (nSPS) is 11.8. The molecule has 3 rings (SSSR count). The third kappa shape index (κ3) is 4.46. The summed E-state index contributed by atoms with van der Waals surface area (Å²) in [5.74, 6) is -1.20. The van der Waals surface area contributed by atoms with Crippen LogP contribution in [0.25, 0.3) is 10.2 Å². The van der Waals surface area contributed by atoms with Crippen LogP contribution in [0.4, 0.5) is 8.78 Å². The minimum absolute atomic E-state index is 0.181. The molecule has 2 aromatic carbocycles. The molecule has 0 aliphatic carbocycles. The van der Waals surface area contributed by atoms with Crippen molar-refractivity contribution in [3.8, 4) is 11.5 Å². The zero-order chi connectivity index (χ0) is 21.0. The van der Waals surface area contributed by atoms with Crippen LogP contribution >= 0.6 is 11.3 Å². The van der Waals surface area contributed by atoms with Crippen LogP contribution in [0.3, 0.4) is 0 Å². The smallest absolute Gasteiger partial charge is 0.283 e. The van der Waals surface area contributed by atoms with Crippen molar-refractivity contribution in [2.45, 2.75) is 13.5 Å². The third-order valence-electron chi connectivity index (χ3n) is 4.19. The highest BCUT2D eigenvalue weighted by molar-refractivity contribution is 7.16. The number of aromatic nitrogens is 1. The van der Waals surface area contributed by atoms with E-state index >= 15 is 0 Å². The van der Waals surface area contributed by atoms with E-state index in [2.05, 4.69) is 4.99 Å². The number of amides is 1. The van der Waals surface area contributed by atoms with Crippen molar-refractivity contribution < 1.29 is 27.8 Å². The van der Waals surface area contributed by atoms with E-state index in [0.29, 0.717) is 29.4 Å². The summed E-state index contributed by atoms with van der Waals surface area (Å²) in [7, 11) is 2.93. The fraction of sp³-hybridized carbons (Fsp3) is 0.300. The fourth-order valence-corrected chi connectivity index (χ4v) is 3.94. The summed E-state index contributed by atoms with van der Waals surface area (Å²) in [5, 5.41) is 0. The minimum atomic E-state index is -0.722. The highest BCUT2D eigenvalue weighted by Crippen LogP contribution is 2.25. The summed E-state index contributed by atoms with van der Waals surface area (Å²) < 4.78 is 45.7. The Morgan fingerprint density at radius 2 is 1.97 bits per heavy atom. The second-order valence-corrected chi connectivity index (χ2v) is 6.96. The van der Waals surface area contributed by atoms with Crippen molar-refractivity contribution in [1.82, 2.24) is 4.57 Å². The van der Waals surface area contributed by atoms with Gasteiger partial charge >= 0.3 is 0 Å². The van der Waals surface area contributed by atoms with Gasteiger partial charge in [-0.15, -0.1) is 0 Å². The predicted octanol–water partition coefficient (Wildman–Crippen LogP) is 3.78. The van der Waals surface area contributed by atoms with Crippen LogP contribution < -0.4 is 14.3 Å². The number of hydrogen-bond donors (Lipinski definition) is 0. The van der Waals surface area contributed by atoms with E-state index in [4.69, 9.17) is 14.2 Å². The maximum atomic E-state index is 14.4. The lowest BCUT2D eigenvalue weighted by atomic mass is 10.2. The van der Waals surface area contributed by atoms with Crippen LogP contribution in [0.2, 0.25) is 0 Å². The summed E-state index contributed by atoms with van der Waals surface area (Å²) in [6, 6.07) is 6.81. The van der Waals surface area contributed by atoms with Gasteiger partial charge in [-0.3, -0.25) is 4.79 Å². The lowest BCUT2D eigenvalue weighted by Crippen LogP contribution is -2.20. The monoisotopic (exact) mass is 422 g/mol. The van der Waals surface area contributed by atoms with Crippen LogP contribution in [-0.4, -0.2) is 37.9 Å². The quantitative estimate of drug-likeness (QED) is 0.544. The first-order valence-electron chi connectivity index (χ1n) is 8.85. The van der Waals surface area contributed by atoms with Crippen molar-refractivity contribution in [3.05, 3.63) is 52.3 Å². The van der Waals surface area contributed by atoms with Crippen molar-refractivity contribution in [2.24, 2.45) is 4.99 Å². The number of hydrogen-bond acceptors (Lipinski definition) is 5. The van der Waals surface area contributed by atoms with Crippen LogP contribution in [0.15, 0.2) is 35.3 Å². The molecule has 0 N–H and O–H groups in total. The number of benzene rings is 2. The highest BCUT2D eigenvalue weighted by Gasteiger charge is 2.17. The number of methoxy groups -OCH3 is 2.